The summed E-state index contributed by atoms with van der Waals surface area (Å²) in [5.41, 5.74) is 1.11. The van der Waals surface area contributed by atoms with E-state index in [-0.39, 0.29) is 0 Å². The average molecular weight is 288 g/mol. The summed E-state index contributed by atoms with van der Waals surface area (Å²) in [4.78, 5) is 12.4. The Bertz CT molecular complexity index is 427. The van der Waals surface area contributed by atoms with Crippen LogP contribution in [0.15, 0.2) is 24.3 Å². The van der Waals surface area contributed by atoms with Crippen LogP contribution < -0.4 is 4.74 Å². The Kier molecular flexibility index (Phi) is 6.28. The van der Waals surface area contributed by atoms with Gasteiger partial charge in [0.25, 0.3) is 0 Å². The molecular formula is C19H28O2. The van der Waals surface area contributed by atoms with Gasteiger partial charge in [-0.25, -0.2) is 0 Å². The maximum atomic E-state index is 12.4. The highest BCUT2D eigenvalue weighted by atomic mass is 16.5. The maximum absolute atomic E-state index is 12.4. The summed E-state index contributed by atoms with van der Waals surface area (Å²) >= 11 is 0. The molecule has 0 atom stereocenters. The van der Waals surface area contributed by atoms with E-state index in [9.17, 15) is 4.79 Å². The van der Waals surface area contributed by atoms with Gasteiger partial charge in [-0.1, -0.05) is 38.3 Å². The minimum absolute atomic E-state index is 0.296. The van der Waals surface area contributed by atoms with Crippen molar-refractivity contribution in [1.29, 1.82) is 0 Å². The Morgan fingerprint density at radius 2 is 1.81 bits per heavy atom. The average Bonchev–Trinajstić information content (AvgIpc) is 2.54. The third-order valence-corrected chi connectivity index (χ3v) is 4.81. The van der Waals surface area contributed by atoms with Crippen LogP contribution in [-0.2, 0) is 11.2 Å². The number of hydrogen-bond donors (Lipinski definition) is 0. The number of methoxy groups -OCH3 is 1. The number of benzene rings is 1. The fourth-order valence-corrected chi connectivity index (χ4v) is 3.35. The molecule has 0 unspecified atom stereocenters. The number of carbonyl (C=O) groups is 1. The molecule has 1 aliphatic carbocycles. The molecule has 0 amide bonds. The Balaban J connectivity index is 1.78. The van der Waals surface area contributed by atoms with Crippen molar-refractivity contribution in [2.45, 2.75) is 58.3 Å². The van der Waals surface area contributed by atoms with Crippen LogP contribution in [0.5, 0.6) is 5.75 Å². The van der Waals surface area contributed by atoms with Gasteiger partial charge in [0, 0.05) is 12.3 Å². The van der Waals surface area contributed by atoms with E-state index in [1.54, 1.807) is 7.11 Å². The predicted octanol–water partition coefficient (Wildman–Crippen LogP) is 4.80. The lowest BCUT2D eigenvalue weighted by molar-refractivity contribution is -0.123. The van der Waals surface area contributed by atoms with Gasteiger partial charge in [-0.2, -0.15) is 0 Å². The van der Waals surface area contributed by atoms with Crippen molar-refractivity contribution < 1.29 is 9.53 Å². The Morgan fingerprint density at radius 1 is 1.14 bits per heavy atom. The Morgan fingerprint density at radius 3 is 2.38 bits per heavy atom. The number of ketones is 1. The second-order valence-corrected chi connectivity index (χ2v) is 6.35. The quantitative estimate of drug-likeness (QED) is 0.720. The number of unbranched alkanes of at least 4 members (excludes halogenated alkanes) is 1. The standard InChI is InChI=1S/C19H28O2/c1-3-4-5-15-6-10-17(11-7-15)19(20)14-16-8-12-18(21-2)13-9-16/h8-9,12-13,15,17H,3-7,10-11,14H2,1-2H3. The first-order valence-electron chi connectivity index (χ1n) is 8.38. The maximum Gasteiger partial charge on any atom is 0.140 e. The van der Waals surface area contributed by atoms with E-state index < -0.39 is 0 Å². The van der Waals surface area contributed by atoms with E-state index in [1.807, 2.05) is 24.3 Å². The highest BCUT2D eigenvalue weighted by molar-refractivity contribution is 5.83. The molecule has 2 nitrogen and oxygen atoms in total. The van der Waals surface area contributed by atoms with Gasteiger partial charge >= 0.3 is 0 Å². The van der Waals surface area contributed by atoms with E-state index in [2.05, 4.69) is 6.92 Å². The highest BCUT2D eigenvalue weighted by Crippen LogP contribution is 2.32. The number of rotatable bonds is 7. The lowest BCUT2D eigenvalue weighted by Gasteiger charge is -2.27. The summed E-state index contributed by atoms with van der Waals surface area (Å²) in [7, 11) is 1.66. The Labute approximate surface area is 128 Å². The summed E-state index contributed by atoms with van der Waals surface area (Å²) in [6.45, 7) is 2.25. The Hall–Kier alpha value is -1.31. The fourth-order valence-electron chi connectivity index (χ4n) is 3.35. The van der Waals surface area contributed by atoms with Gasteiger partial charge in [0.15, 0.2) is 0 Å². The topological polar surface area (TPSA) is 26.3 Å². The van der Waals surface area contributed by atoms with Gasteiger partial charge in [-0.15, -0.1) is 0 Å². The van der Waals surface area contributed by atoms with Crippen LogP contribution >= 0.6 is 0 Å². The number of Topliss-reactive ketones (excluding diaryl/α,β-unsaturated/α-hetero) is 1. The van der Waals surface area contributed by atoms with Crippen LogP contribution in [0.4, 0.5) is 0 Å². The van der Waals surface area contributed by atoms with Crippen LogP contribution in [0, 0.1) is 11.8 Å². The van der Waals surface area contributed by atoms with Crippen molar-refractivity contribution in [1.82, 2.24) is 0 Å². The third-order valence-electron chi connectivity index (χ3n) is 4.81. The summed E-state index contributed by atoms with van der Waals surface area (Å²) in [6, 6.07) is 7.88. The lowest BCUT2D eigenvalue weighted by Crippen LogP contribution is -2.23. The molecule has 1 aliphatic rings. The largest absolute Gasteiger partial charge is 0.497 e. The van der Waals surface area contributed by atoms with Crippen molar-refractivity contribution in [3.63, 3.8) is 0 Å². The molecule has 2 heteroatoms. The molecule has 1 aromatic carbocycles. The molecular weight excluding hydrogens is 260 g/mol. The molecule has 0 aromatic heterocycles. The minimum Gasteiger partial charge on any atom is -0.497 e. The molecule has 1 fully saturated rings. The van der Waals surface area contributed by atoms with Crippen LogP contribution in [0.3, 0.4) is 0 Å². The molecule has 116 valence electrons. The fraction of sp³-hybridized carbons (Fsp3) is 0.632. The highest BCUT2D eigenvalue weighted by Gasteiger charge is 2.25. The van der Waals surface area contributed by atoms with Crippen molar-refractivity contribution in [3.8, 4) is 5.75 Å². The molecule has 0 spiro atoms. The first-order chi connectivity index (χ1) is 10.2. The first kappa shape index (κ1) is 16.1. The number of ether oxygens (including phenoxy) is 1. The molecule has 1 saturated carbocycles. The molecule has 1 aromatic rings. The molecule has 2 rings (SSSR count). The number of hydrogen-bond acceptors (Lipinski definition) is 2. The molecule has 21 heavy (non-hydrogen) atoms. The van der Waals surface area contributed by atoms with Crippen molar-refractivity contribution in [2.75, 3.05) is 7.11 Å². The summed E-state index contributed by atoms with van der Waals surface area (Å²) in [5, 5.41) is 0. The van der Waals surface area contributed by atoms with Crippen molar-refractivity contribution in [3.05, 3.63) is 29.8 Å². The normalized spacial score (nSPS) is 22.0. The zero-order valence-electron chi connectivity index (χ0n) is 13.4. The van der Waals surface area contributed by atoms with Crippen molar-refractivity contribution >= 4 is 5.78 Å². The predicted molar refractivity (Wildman–Crippen MR) is 86.7 cm³/mol. The van der Waals surface area contributed by atoms with Gasteiger partial charge in [-0.3, -0.25) is 4.79 Å². The van der Waals surface area contributed by atoms with Crippen molar-refractivity contribution in [2.24, 2.45) is 11.8 Å². The van der Waals surface area contributed by atoms with E-state index in [0.717, 1.165) is 30.1 Å². The molecule has 0 aliphatic heterocycles. The van der Waals surface area contributed by atoms with E-state index in [0.29, 0.717) is 18.1 Å². The SMILES string of the molecule is CCCCC1CCC(C(=O)Cc2ccc(OC)cc2)CC1. The smallest absolute Gasteiger partial charge is 0.140 e. The summed E-state index contributed by atoms with van der Waals surface area (Å²) in [5.74, 6) is 2.44. The van der Waals surface area contributed by atoms with E-state index in [4.69, 9.17) is 4.74 Å². The second-order valence-electron chi connectivity index (χ2n) is 6.35. The second kappa shape index (κ2) is 8.21. The molecule has 0 N–H and O–H groups in total. The molecule has 0 saturated heterocycles. The van der Waals surface area contributed by atoms with Gasteiger partial charge < -0.3 is 4.74 Å². The van der Waals surface area contributed by atoms with Crippen LogP contribution in [-0.4, -0.2) is 12.9 Å². The zero-order valence-corrected chi connectivity index (χ0v) is 13.4. The first-order valence-corrected chi connectivity index (χ1v) is 8.38. The minimum atomic E-state index is 0.296. The number of carbonyl (C=O) groups excluding carboxylic acids is 1. The van der Waals surface area contributed by atoms with Gasteiger partial charge in [0.05, 0.1) is 7.11 Å². The third kappa shape index (κ3) is 4.87. The molecule has 0 bridgehead atoms. The summed E-state index contributed by atoms with van der Waals surface area (Å²) < 4.78 is 5.15. The van der Waals surface area contributed by atoms with Crippen LogP contribution in [0.1, 0.15) is 57.4 Å². The van der Waals surface area contributed by atoms with E-state index in [1.165, 1.54) is 32.1 Å². The molecule has 0 radical (unpaired) electrons. The van der Waals surface area contributed by atoms with E-state index >= 15 is 0 Å². The monoisotopic (exact) mass is 288 g/mol. The van der Waals surface area contributed by atoms with Gasteiger partial charge in [0.2, 0.25) is 0 Å². The van der Waals surface area contributed by atoms with Crippen LogP contribution in [0.25, 0.3) is 0 Å². The lowest BCUT2D eigenvalue weighted by atomic mass is 9.77. The van der Waals surface area contributed by atoms with Gasteiger partial charge in [0.1, 0.15) is 11.5 Å². The zero-order chi connectivity index (χ0) is 15.1. The summed E-state index contributed by atoms with van der Waals surface area (Å²) in [6.07, 6.45) is 9.26. The van der Waals surface area contributed by atoms with Gasteiger partial charge in [-0.05, 0) is 49.3 Å². The van der Waals surface area contributed by atoms with Crippen LogP contribution in [0.2, 0.25) is 0 Å². The molecule has 0 heterocycles.